The third-order valence-corrected chi connectivity index (χ3v) is 7.26. The zero-order valence-electron chi connectivity index (χ0n) is 19.9. The molecule has 8 heteroatoms. The van der Waals surface area contributed by atoms with Gasteiger partial charge in [-0.2, -0.15) is 0 Å². The van der Waals surface area contributed by atoms with Gasteiger partial charge in [0, 0.05) is 32.9 Å². The number of Topliss-reactive ketones (excluding diaryl/α,β-unsaturated/α-hetero) is 1. The summed E-state index contributed by atoms with van der Waals surface area (Å²) in [6.45, 7) is 5.05. The van der Waals surface area contributed by atoms with Crippen molar-refractivity contribution in [3.63, 3.8) is 0 Å². The van der Waals surface area contributed by atoms with Crippen LogP contribution in [-0.2, 0) is 10.3 Å². The number of urea groups is 1. The van der Waals surface area contributed by atoms with Crippen molar-refractivity contribution in [2.24, 2.45) is 0 Å². The standard InChI is InChI=1S/C27H25N3O4S/c1-16-12-21(17(2)30(16)19-9-7-10-20(14-19)35-4)22(31)15-29-25(32)27(3,28-26(29)33)24-13-18-8-5-6-11-23(18)34-24/h5-14H,15H2,1-4H3,(H,28,33)/t27-/m0/s1. The summed E-state index contributed by atoms with van der Waals surface area (Å²) in [6, 6.07) is 18.4. The molecule has 0 aliphatic carbocycles. The first kappa shape index (κ1) is 23.0. The van der Waals surface area contributed by atoms with Gasteiger partial charge in [-0.1, -0.05) is 24.3 Å². The average molecular weight is 488 g/mol. The predicted molar refractivity (Wildman–Crippen MR) is 135 cm³/mol. The topological polar surface area (TPSA) is 84.6 Å². The van der Waals surface area contributed by atoms with Crippen LogP contribution in [0.25, 0.3) is 16.7 Å². The minimum atomic E-state index is -1.38. The van der Waals surface area contributed by atoms with E-state index in [0.717, 1.165) is 32.3 Å². The van der Waals surface area contributed by atoms with Crippen LogP contribution in [0.5, 0.6) is 0 Å². The maximum absolute atomic E-state index is 13.4. The summed E-state index contributed by atoms with van der Waals surface area (Å²) < 4.78 is 7.88. The Balaban J connectivity index is 1.42. The number of aromatic nitrogens is 1. The fourth-order valence-electron chi connectivity index (χ4n) is 4.66. The van der Waals surface area contributed by atoms with E-state index in [1.54, 1.807) is 36.9 Å². The minimum absolute atomic E-state index is 0.303. The van der Waals surface area contributed by atoms with E-state index in [-0.39, 0.29) is 12.3 Å². The van der Waals surface area contributed by atoms with Crippen LogP contribution in [0.1, 0.15) is 34.4 Å². The maximum atomic E-state index is 13.4. The number of nitrogens with zero attached hydrogens (tertiary/aromatic N) is 2. The normalized spacial score (nSPS) is 17.9. The Morgan fingerprint density at radius 2 is 1.83 bits per heavy atom. The molecule has 178 valence electrons. The Kier molecular flexibility index (Phi) is 5.56. The number of fused-ring (bicyclic) bond motifs is 1. The second-order valence-electron chi connectivity index (χ2n) is 8.84. The van der Waals surface area contributed by atoms with Gasteiger partial charge < -0.3 is 14.3 Å². The number of hydrogen-bond acceptors (Lipinski definition) is 5. The number of ketones is 1. The summed E-state index contributed by atoms with van der Waals surface area (Å²) in [5, 5.41) is 3.55. The first-order chi connectivity index (χ1) is 16.7. The highest BCUT2D eigenvalue weighted by atomic mass is 32.2. The van der Waals surface area contributed by atoms with Gasteiger partial charge in [0.2, 0.25) is 0 Å². The number of thioether (sulfide) groups is 1. The fourth-order valence-corrected chi connectivity index (χ4v) is 5.11. The van der Waals surface area contributed by atoms with E-state index < -0.39 is 17.5 Å². The highest BCUT2D eigenvalue weighted by Gasteiger charge is 2.51. The number of carbonyl (C=O) groups is 3. The number of carbonyl (C=O) groups excluding carboxylic acids is 3. The molecule has 1 aliphatic heterocycles. The predicted octanol–water partition coefficient (Wildman–Crippen LogP) is 5.21. The Hall–Kier alpha value is -3.78. The molecule has 0 saturated carbocycles. The number of aryl methyl sites for hydroxylation is 1. The molecule has 0 spiro atoms. The maximum Gasteiger partial charge on any atom is 0.325 e. The highest BCUT2D eigenvalue weighted by molar-refractivity contribution is 7.98. The lowest BCUT2D eigenvalue weighted by Crippen LogP contribution is -2.41. The molecule has 1 saturated heterocycles. The molecule has 4 aromatic rings. The Morgan fingerprint density at radius 1 is 1.06 bits per heavy atom. The van der Waals surface area contributed by atoms with E-state index in [0.29, 0.717) is 16.9 Å². The van der Waals surface area contributed by atoms with Gasteiger partial charge in [-0.05, 0) is 63.4 Å². The lowest BCUT2D eigenvalue weighted by Gasteiger charge is -2.18. The van der Waals surface area contributed by atoms with Crippen molar-refractivity contribution in [3.05, 3.63) is 83.4 Å². The van der Waals surface area contributed by atoms with Crippen molar-refractivity contribution >= 4 is 40.5 Å². The number of hydrogen-bond donors (Lipinski definition) is 1. The molecule has 3 heterocycles. The summed E-state index contributed by atoms with van der Waals surface area (Å²) in [5.74, 6) is -0.488. The highest BCUT2D eigenvalue weighted by Crippen LogP contribution is 2.33. The number of imide groups is 1. The van der Waals surface area contributed by atoms with Gasteiger partial charge in [-0.25, -0.2) is 4.79 Å². The van der Waals surface area contributed by atoms with Gasteiger partial charge in [-0.15, -0.1) is 11.8 Å². The summed E-state index contributed by atoms with van der Waals surface area (Å²) in [4.78, 5) is 41.5. The van der Waals surface area contributed by atoms with Crippen molar-refractivity contribution in [3.8, 4) is 5.69 Å². The molecule has 2 aromatic heterocycles. The monoisotopic (exact) mass is 487 g/mol. The quantitative estimate of drug-likeness (QED) is 0.229. The van der Waals surface area contributed by atoms with Gasteiger partial charge in [0.25, 0.3) is 5.91 Å². The zero-order chi connectivity index (χ0) is 24.9. The first-order valence-electron chi connectivity index (χ1n) is 11.2. The molecule has 3 amide bonds. The number of furan rings is 1. The van der Waals surface area contributed by atoms with E-state index in [4.69, 9.17) is 4.42 Å². The molecule has 35 heavy (non-hydrogen) atoms. The van der Waals surface area contributed by atoms with Crippen molar-refractivity contribution < 1.29 is 18.8 Å². The van der Waals surface area contributed by atoms with Crippen molar-refractivity contribution in [2.45, 2.75) is 31.2 Å². The van der Waals surface area contributed by atoms with Crippen LogP contribution >= 0.6 is 11.8 Å². The zero-order valence-corrected chi connectivity index (χ0v) is 20.7. The van der Waals surface area contributed by atoms with Gasteiger partial charge >= 0.3 is 6.03 Å². The molecule has 0 radical (unpaired) electrons. The number of nitrogens with one attached hydrogen (secondary N) is 1. The molecule has 0 unspecified atom stereocenters. The third-order valence-electron chi connectivity index (χ3n) is 6.54. The van der Waals surface area contributed by atoms with Gasteiger partial charge in [0.05, 0.1) is 6.54 Å². The van der Waals surface area contributed by atoms with E-state index in [9.17, 15) is 14.4 Å². The third kappa shape index (κ3) is 3.74. The molecule has 5 rings (SSSR count). The second kappa shape index (κ2) is 8.46. The number of rotatable bonds is 6. The van der Waals surface area contributed by atoms with E-state index in [2.05, 4.69) is 11.4 Å². The van der Waals surface area contributed by atoms with Crippen LogP contribution < -0.4 is 5.32 Å². The van der Waals surface area contributed by atoms with Crippen molar-refractivity contribution in [2.75, 3.05) is 12.8 Å². The molecule has 1 atom stereocenters. The summed E-state index contributed by atoms with van der Waals surface area (Å²) in [5.41, 5.74) is 2.34. The van der Waals surface area contributed by atoms with Crippen LogP contribution in [0.4, 0.5) is 4.79 Å². The van der Waals surface area contributed by atoms with Crippen LogP contribution in [0, 0.1) is 13.8 Å². The molecule has 0 bridgehead atoms. The molecular formula is C27H25N3O4S. The van der Waals surface area contributed by atoms with Gasteiger partial charge in [0.15, 0.2) is 11.3 Å². The number of para-hydroxylation sites is 1. The molecule has 1 N–H and O–H groups in total. The van der Waals surface area contributed by atoms with Crippen LogP contribution in [-0.4, -0.2) is 40.0 Å². The lowest BCUT2D eigenvalue weighted by molar-refractivity contribution is -0.131. The Labute approximate surface area is 207 Å². The summed E-state index contributed by atoms with van der Waals surface area (Å²) in [7, 11) is 0. The Bertz CT molecular complexity index is 1470. The van der Waals surface area contributed by atoms with Crippen LogP contribution in [0.2, 0.25) is 0 Å². The molecule has 1 aliphatic rings. The smallest absolute Gasteiger partial charge is 0.325 e. The average Bonchev–Trinajstić information content (AvgIpc) is 3.48. The second-order valence-corrected chi connectivity index (χ2v) is 9.72. The van der Waals surface area contributed by atoms with E-state index >= 15 is 0 Å². The summed E-state index contributed by atoms with van der Waals surface area (Å²) in [6.07, 6.45) is 2.01. The largest absolute Gasteiger partial charge is 0.458 e. The number of amides is 3. The van der Waals surface area contributed by atoms with Gasteiger partial charge in [0.1, 0.15) is 11.3 Å². The molecule has 1 fully saturated rings. The number of benzene rings is 2. The van der Waals surface area contributed by atoms with E-state index in [1.165, 1.54) is 0 Å². The summed E-state index contributed by atoms with van der Waals surface area (Å²) >= 11 is 1.65. The molecular weight excluding hydrogens is 462 g/mol. The minimum Gasteiger partial charge on any atom is -0.458 e. The Morgan fingerprint density at radius 3 is 2.57 bits per heavy atom. The van der Waals surface area contributed by atoms with Crippen LogP contribution in [0.3, 0.4) is 0 Å². The van der Waals surface area contributed by atoms with Crippen molar-refractivity contribution in [1.82, 2.24) is 14.8 Å². The van der Waals surface area contributed by atoms with Crippen LogP contribution in [0.15, 0.2) is 70.0 Å². The van der Waals surface area contributed by atoms with Gasteiger partial charge in [-0.3, -0.25) is 14.5 Å². The lowest BCUT2D eigenvalue weighted by atomic mass is 9.98. The molecule has 2 aromatic carbocycles. The SMILES string of the molecule is CSc1cccc(-n2c(C)cc(C(=O)CN3C(=O)N[C@@](C)(c4cc5ccccc5o4)C3=O)c2C)c1. The molecule has 7 nitrogen and oxygen atoms in total. The fraction of sp³-hybridized carbons (Fsp3) is 0.222. The van der Waals surface area contributed by atoms with Crippen molar-refractivity contribution in [1.29, 1.82) is 0 Å². The first-order valence-corrected chi connectivity index (χ1v) is 12.4. The van der Waals surface area contributed by atoms with E-state index in [1.807, 2.05) is 61.1 Å².